The predicted molar refractivity (Wildman–Crippen MR) is 117 cm³/mol. The van der Waals surface area contributed by atoms with Crippen molar-refractivity contribution in [2.75, 3.05) is 25.6 Å². The van der Waals surface area contributed by atoms with Crippen LogP contribution in [-0.2, 0) is 33.6 Å². The number of esters is 1. The van der Waals surface area contributed by atoms with E-state index in [0.717, 1.165) is 54.5 Å². The van der Waals surface area contributed by atoms with Crippen molar-refractivity contribution in [2.24, 2.45) is 0 Å². The fourth-order valence-electron chi connectivity index (χ4n) is 4.16. The number of nitriles is 1. The number of nitrogens with one attached hydrogen (secondary N) is 2. The second-order valence-corrected chi connectivity index (χ2v) is 8.84. The van der Waals surface area contributed by atoms with Crippen molar-refractivity contribution in [3.05, 3.63) is 45.3 Å². The Labute approximate surface area is 185 Å². The van der Waals surface area contributed by atoms with Gasteiger partial charge in [0.2, 0.25) is 5.91 Å². The highest BCUT2D eigenvalue weighted by Crippen LogP contribution is 2.37. The van der Waals surface area contributed by atoms with Crippen LogP contribution in [0.4, 0.5) is 5.00 Å². The maximum Gasteiger partial charge on any atom is 0.327 e. The standard InChI is InChI=1S/C23H25N3O4S/c1-29-23(28)21(15-7-8-18-14(11-15)9-10-30-18)25-13-20(27)26-22-17(12-24)16-5-3-2-4-6-19(16)31-22/h7-8,11,21,25H,2-6,9-10,13H2,1H3,(H,26,27)/t21-/m0/s1. The average Bonchev–Trinajstić information content (AvgIpc) is 3.30. The summed E-state index contributed by atoms with van der Waals surface area (Å²) in [5.41, 5.74) is 3.43. The Morgan fingerprint density at radius 2 is 2.10 bits per heavy atom. The lowest BCUT2D eigenvalue weighted by Crippen LogP contribution is -2.35. The number of methoxy groups -OCH3 is 1. The molecule has 1 aromatic heterocycles. The molecule has 0 saturated carbocycles. The highest BCUT2D eigenvalue weighted by molar-refractivity contribution is 7.16. The second-order valence-electron chi connectivity index (χ2n) is 7.73. The lowest BCUT2D eigenvalue weighted by Gasteiger charge is -2.17. The minimum Gasteiger partial charge on any atom is -0.493 e. The Balaban J connectivity index is 1.45. The Hall–Kier alpha value is -2.89. The Bertz CT molecular complexity index is 1040. The minimum absolute atomic E-state index is 0.0826. The lowest BCUT2D eigenvalue weighted by atomic mass is 10.0. The average molecular weight is 440 g/mol. The third kappa shape index (κ3) is 4.58. The summed E-state index contributed by atoms with van der Waals surface area (Å²) in [6.45, 7) is 0.546. The molecule has 1 aliphatic heterocycles. The van der Waals surface area contributed by atoms with Crippen molar-refractivity contribution >= 4 is 28.2 Å². The van der Waals surface area contributed by atoms with Crippen LogP contribution in [0.1, 0.15) is 52.4 Å². The molecule has 0 spiro atoms. The van der Waals surface area contributed by atoms with Gasteiger partial charge in [0.15, 0.2) is 0 Å². The molecule has 1 aromatic carbocycles. The lowest BCUT2D eigenvalue weighted by molar-refractivity contribution is -0.143. The zero-order valence-electron chi connectivity index (χ0n) is 17.5. The fourth-order valence-corrected chi connectivity index (χ4v) is 5.41. The molecule has 8 heteroatoms. The molecular formula is C23H25N3O4S. The number of hydrogen-bond donors (Lipinski definition) is 2. The number of carbonyl (C=O) groups excluding carboxylic acids is 2. The molecule has 0 saturated heterocycles. The number of nitrogens with zero attached hydrogens (tertiary/aromatic N) is 1. The van der Waals surface area contributed by atoms with Gasteiger partial charge in [-0.25, -0.2) is 4.79 Å². The van der Waals surface area contributed by atoms with E-state index in [0.29, 0.717) is 17.2 Å². The quantitative estimate of drug-likeness (QED) is 0.529. The topological polar surface area (TPSA) is 100 Å². The van der Waals surface area contributed by atoms with E-state index in [2.05, 4.69) is 16.7 Å². The zero-order valence-corrected chi connectivity index (χ0v) is 18.3. The predicted octanol–water partition coefficient (Wildman–Crippen LogP) is 3.27. The van der Waals surface area contributed by atoms with E-state index in [1.165, 1.54) is 29.7 Å². The summed E-state index contributed by atoms with van der Waals surface area (Å²) in [6.07, 6.45) is 5.98. The molecule has 2 aromatic rings. The zero-order chi connectivity index (χ0) is 21.8. The van der Waals surface area contributed by atoms with Crippen molar-refractivity contribution in [2.45, 2.75) is 44.6 Å². The van der Waals surface area contributed by atoms with Crippen molar-refractivity contribution in [1.82, 2.24) is 5.32 Å². The number of carbonyl (C=O) groups is 2. The number of ether oxygens (including phenoxy) is 2. The summed E-state index contributed by atoms with van der Waals surface area (Å²) in [4.78, 5) is 26.2. The summed E-state index contributed by atoms with van der Waals surface area (Å²) in [5, 5.41) is 16.1. The van der Waals surface area contributed by atoms with E-state index < -0.39 is 12.0 Å². The maximum absolute atomic E-state index is 12.6. The molecule has 162 valence electrons. The summed E-state index contributed by atoms with van der Waals surface area (Å²) < 4.78 is 10.5. The first kappa shape index (κ1) is 21.3. The van der Waals surface area contributed by atoms with E-state index >= 15 is 0 Å². The van der Waals surface area contributed by atoms with E-state index in [4.69, 9.17) is 9.47 Å². The highest BCUT2D eigenvalue weighted by Gasteiger charge is 2.25. The smallest absolute Gasteiger partial charge is 0.327 e. The van der Waals surface area contributed by atoms with Crippen molar-refractivity contribution in [3.8, 4) is 11.8 Å². The monoisotopic (exact) mass is 439 g/mol. The number of thiophene rings is 1. The van der Waals surface area contributed by atoms with Crippen molar-refractivity contribution < 1.29 is 19.1 Å². The van der Waals surface area contributed by atoms with Crippen LogP contribution in [0, 0.1) is 11.3 Å². The highest BCUT2D eigenvalue weighted by atomic mass is 32.1. The molecule has 2 N–H and O–H groups in total. The molecule has 1 aliphatic carbocycles. The molecule has 0 fully saturated rings. The van der Waals surface area contributed by atoms with E-state index in [-0.39, 0.29) is 12.5 Å². The van der Waals surface area contributed by atoms with Crippen LogP contribution in [0.25, 0.3) is 0 Å². The van der Waals surface area contributed by atoms with Gasteiger partial charge in [0.25, 0.3) is 0 Å². The van der Waals surface area contributed by atoms with Gasteiger partial charge < -0.3 is 14.8 Å². The summed E-state index contributed by atoms with van der Waals surface area (Å²) >= 11 is 1.50. The number of anilines is 1. The van der Waals surface area contributed by atoms with E-state index in [1.54, 1.807) is 6.07 Å². The normalized spacial score (nSPS) is 15.6. The first-order chi connectivity index (χ1) is 15.1. The SMILES string of the molecule is COC(=O)[C@@H](NCC(=O)Nc1sc2c(c1C#N)CCCCC2)c1ccc2c(c1)CCO2. The van der Waals surface area contributed by atoms with Crippen LogP contribution in [0.2, 0.25) is 0 Å². The first-order valence-electron chi connectivity index (χ1n) is 10.5. The Morgan fingerprint density at radius 1 is 1.26 bits per heavy atom. The molecule has 1 atom stereocenters. The molecule has 4 rings (SSSR count). The molecule has 7 nitrogen and oxygen atoms in total. The van der Waals surface area contributed by atoms with Crippen LogP contribution in [0.5, 0.6) is 5.75 Å². The van der Waals surface area contributed by atoms with Crippen LogP contribution in [-0.4, -0.2) is 32.1 Å². The van der Waals surface area contributed by atoms with E-state index in [9.17, 15) is 14.9 Å². The van der Waals surface area contributed by atoms with Crippen LogP contribution in [0.3, 0.4) is 0 Å². The number of benzene rings is 1. The molecule has 1 amide bonds. The number of rotatable bonds is 6. The number of amides is 1. The van der Waals surface area contributed by atoms with E-state index in [1.807, 2.05) is 12.1 Å². The fraction of sp³-hybridized carbons (Fsp3) is 0.435. The minimum atomic E-state index is -0.767. The van der Waals surface area contributed by atoms with Gasteiger partial charge in [-0.15, -0.1) is 11.3 Å². The Kier molecular flexibility index (Phi) is 6.54. The third-order valence-electron chi connectivity index (χ3n) is 5.74. The number of fused-ring (bicyclic) bond motifs is 2. The first-order valence-corrected chi connectivity index (χ1v) is 11.3. The molecule has 2 heterocycles. The van der Waals surface area contributed by atoms with Gasteiger partial charge in [0, 0.05) is 11.3 Å². The van der Waals surface area contributed by atoms with Crippen LogP contribution < -0.4 is 15.4 Å². The van der Waals surface area contributed by atoms with Gasteiger partial charge in [0.1, 0.15) is 22.9 Å². The van der Waals surface area contributed by atoms with Gasteiger partial charge in [-0.2, -0.15) is 5.26 Å². The summed E-state index contributed by atoms with van der Waals surface area (Å²) in [5.74, 6) is 0.0603. The maximum atomic E-state index is 12.6. The molecular weight excluding hydrogens is 414 g/mol. The summed E-state index contributed by atoms with van der Waals surface area (Å²) in [6, 6.07) is 7.06. The van der Waals surface area contributed by atoms with Gasteiger partial charge in [-0.05, 0) is 54.5 Å². The number of hydrogen-bond acceptors (Lipinski definition) is 7. The number of aryl methyl sites for hydroxylation is 1. The van der Waals surface area contributed by atoms with Gasteiger partial charge in [0.05, 0.1) is 25.8 Å². The molecule has 2 aliphatic rings. The second kappa shape index (κ2) is 9.50. The summed E-state index contributed by atoms with van der Waals surface area (Å²) in [7, 11) is 1.32. The van der Waals surface area contributed by atoms with Gasteiger partial charge in [-0.1, -0.05) is 12.5 Å². The third-order valence-corrected chi connectivity index (χ3v) is 6.94. The molecule has 0 unspecified atom stereocenters. The van der Waals surface area contributed by atoms with Crippen LogP contribution >= 0.6 is 11.3 Å². The largest absolute Gasteiger partial charge is 0.493 e. The molecule has 0 bridgehead atoms. The van der Waals surface area contributed by atoms with Gasteiger partial charge >= 0.3 is 5.97 Å². The molecule has 0 radical (unpaired) electrons. The van der Waals surface area contributed by atoms with Crippen molar-refractivity contribution in [3.63, 3.8) is 0 Å². The van der Waals surface area contributed by atoms with Crippen LogP contribution in [0.15, 0.2) is 18.2 Å². The molecule has 31 heavy (non-hydrogen) atoms. The van der Waals surface area contributed by atoms with Crippen molar-refractivity contribution in [1.29, 1.82) is 5.26 Å². The Morgan fingerprint density at radius 3 is 2.90 bits per heavy atom. The van der Waals surface area contributed by atoms with Gasteiger partial charge in [-0.3, -0.25) is 10.1 Å².